The molecule has 102 valence electrons. The summed E-state index contributed by atoms with van der Waals surface area (Å²) in [6, 6.07) is 11.5. The van der Waals surface area contributed by atoms with Crippen molar-refractivity contribution < 1.29 is 0 Å². The lowest BCUT2D eigenvalue weighted by molar-refractivity contribution is 0.348. The average molecular weight is 248 g/mol. The summed E-state index contributed by atoms with van der Waals surface area (Å²) in [5.74, 6) is 0. The number of hydrogen-bond donors (Lipinski definition) is 1. The minimum Gasteiger partial charge on any atom is -0.314 e. The fourth-order valence-electron chi connectivity index (χ4n) is 2.25. The maximum Gasteiger partial charge on any atom is 0.00792 e. The molecule has 1 unspecified atom stereocenters. The van der Waals surface area contributed by atoms with Gasteiger partial charge in [0.25, 0.3) is 0 Å². The van der Waals surface area contributed by atoms with Crippen molar-refractivity contribution in [3.63, 3.8) is 0 Å². The third-order valence-corrected chi connectivity index (χ3v) is 3.28. The number of nitrogens with one attached hydrogen (secondary N) is 1. The molecule has 0 saturated carbocycles. The number of nitrogens with zero attached hydrogens (tertiary/aromatic N) is 1. The highest BCUT2D eigenvalue weighted by Crippen LogP contribution is 2.08. The van der Waals surface area contributed by atoms with E-state index in [1.54, 1.807) is 0 Å². The molecule has 0 saturated heterocycles. The first-order chi connectivity index (χ1) is 8.72. The highest BCUT2D eigenvalue weighted by Gasteiger charge is 2.07. The standard InChI is InChI=1S/C16H28N2/c1-4-17-16(13-14-18(2)3)12-8-11-15-9-6-5-7-10-15/h5-7,9-10,16-17H,4,8,11-14H2,1-3H3. The van der Waals surface area contributed by atoms with E-state index in [1.807, 2.05) is 0 Å². The van der Waals surface area contributed by atoms with Crippen LogP contribution >= 0.6 is 0 Å². The third-order valence-electron chi connectivity index (χ3n) is 3.28. The molecule has 1 aromatic carbocycles. The van der Waals surface area contributed by atoms with Gasteiger partial charge in [-0.1, -0.05) is 37.3 Å². The number of rotatable bonds is 9. The van der Waals surface area contributed by atoms with Crippen molar-refractivity contribution in [1.29, 1.82) is 0 Å². The largest absolute Gasteiger partial charge is 0.314 e. The van der Waals surface area contributed by atoms with Crippen molar-refractivity contribution in [2.75, 3.05) is 27.2 Å². The van der Waals surface area contributed by atoms with Gasteiger partial charge in [-0.25, -0.2) is 0 Å². The summed E-state index contributed by atoms with van der Waals surface area (Å²) in [7, 11) is 4.29. The molecule has 0 aliphatic heterocycles. The van der Waals surface area contributed by atoms with Gasteiger partial charge in [0.05, 0.1) is 0 Å². The van der Waals surface area contributed by atoms with Crippen molar-refractivity contribution in [2.45, 2.75) is 38.6 Å². The molecule has 0 bridgehead atoms. The van der Waals surface area contributed by atoms with Crippen LogP contribution in [-0.4, -0.2) is 38.1 Å². The molecule has 0 radical (unpaired) electrons. The Morgan fingerprint density at radius 1 is 1.11 bits per heavy atom. The zero-order valence-corrected chi connectivity index (χ0v) is 12.2. The van der Waals surface area contributed by atoms with Gasteiger partial charge in [-0.2, -0.15) is 0 Å². The quantitative estimate of drug-likeness (QED) is 0.723. The van der Waals surface area contributed by atoms with E-state index in [0.29, 0.717) is 6.04 Å². The van der Waals surface area contributed by atoms with Gasteiger partial charge >= 0.3 is 0 Å². The molecule has 0 aromatic heterocycles. The van der Waals surface area contributed by atoms with E-state index >= 15 is 0 Å². The smallest absolute Gasteiger partial charge is 0.00792 e. The SMILES string of the molecule is CCNC(CCCc1ccccc1)CCN(C)C. The lowest BCUT2D eigenvalue weighted by Gasteiger charge is -2.20. The first-order valence-corrected chi connectivity index (χ1v) is 7.14. The summed E-state index contributed by atoms with van der Waals surface area (Å²) in [5.41, 5.74) is 1.46. The molecule has 1 aromatic rings. The van der Waals surface area contributed by atoms with Gasteiger partial charge in [-0.3, -0.25) is 0 Å². The van der Waals surface area contributed by atoms with Crippen LogP contribution < -0.4 is 5.32 Å². The molecule has 0 fully saturated rings. The predicted octanol–water partition coefficient (Wildman–Crippen LogP) is 2.94. The van der Waals surface area contributed by atoms with Crippen LogP contribution in [0.1, 0.15) is 31.7 Å². The second kappa shape index (κ2) is 9.12. The Hall–Kier alpha value is -0.860. The lowest BCUT2D eigenvalue weighted by atomic mass is 10.0. The summed E-state index contributed by atoms with van der Waals surface area (Å²) in [5, 5.41) is 3.60. The molecule has 0 amide bonds. The molecule has 0 aliphatic rings. The van der Waals surface area contributed by atoms with Gasteiger partial charge in [-0.05, 0) is 58.4 Å². The van der Waals surface area contributed by atoms with Crippen molar-refractivity contribution in [3.05, 3.63) is 35.9 Å². The Morgan fingerprint density at radius 2 is 1.83 bits per heavy atom. The molecule has 2 heteroatoms. The summed E-state index contributed by atoms with van der Waals surface area (Å²) >= 11 is 0. The molecule has 0 heterocycles. The summed E-state index contributed by atoms with van der Waals surface area (Å²) in [4.78, 5) is 2.27. The highest BCUT2D eigenvalue weighted by molar-refractivity contribution is 5.14. The van der Waals surface area contributed by atoms with Crippen LogP contribution in [0.2, 0.25) is 0 Å². The molecule has 1 rings (SSSR count). The van der Waals surface area contributed by atoms with Crippen LogP contribution in [0.4, 0.5) is 0 Å². The van der Waals surface area contributed by atoms with Crippen LogP contribution in [-0.2, 0) is 6.42 Å². The van der Waals surface area contributed by atoms with Gasteiger partial charge in [0, 0.05) is 6.04 Å². The molecule has 18 heavy (non-hydrogen) atoms. The van der Waals surface area contributed by atoms with Crippen LogP contribution in [0.5, 0.6) is 0 Å². The maximum absolute atomic E-state index is 3.60. The van der Waals surface area contributed by atoms with E-state index in [1.165, 1.54) is 37.8 Å². The Bertz CT molecular complexity index is 295. The second-order valence-corrected chi connectivity index (χ2v) is 5.22. The van der Waals surface area contributed by atoms with E-state index in [4.69, 9.17) is 0 Å². The van der Waals surface area contributed by atoms with Gasteiger partial charge in [0.1, 0.15) is 0 Å². The summed E-state index contributed by atoms with van der Waals surface area (Å²) < 4.78 is 0. The topological polar surface area (TPSA) is 15.3 Å². The Labute approximate surface area is 112 Å². The van der Waals surface area contributed by atoms with Crippen molar-refractivity contribution in [1.82, 2.24) is 10.2 Å². The fraction of sp³-hybridized carbons (Fsp3) is 0.625. The Morgan fingerprint density at radius 3 is 2.44 bits per heavy atom. The molecular weight excluding hydrogens is 220 g/mol. The van der Waals surface area contributed by atoms with Crippen LogP contribution in [0, 0.1) is 0 Å². The van der Waals surface area contributed by atoms with E-state index < -0.39 is 0 Å². The maximum atomic E-state index is 3.60. The monoisotopic (exact) mass is 248 g/mol. The van der Waals surface area contributed by atoms with Crippen LogP contribution in [0.25, 0.3) is 0 Å². The van der Waals surface area contributed by atoms with E-state index in [2.05, 4.69) is 61.6 Å². The number of hydrogen-bond acceptors (Lipinski definition) is 2. The molecule has 0 spiro atoms. The average Bonchev–Trinajstić information content (AvgIpc) is 2.37. The van der Waals surface area contributed by atoms with Gasteiger partial charge in [-0.15, -0.1) is 0 Å². The molecule has 0 aliphatic carbocycles. The van der Waals surface area contributed by atoms with Gasteiger partial charge < -0.3 is 10.2 Å². The zero-order chi connectivity index (χ0) is 13.2. The molecular formula is C16H28N2. The Kier molecular flexibility index (Phi) is 7.70. The molecule has 1 atom stereocenters. The van der Waals surface area contributed by atoms with Crippen molar-refractivity contribution in [2.24, 2.45) is 0 Å². The van der Waals surface area contributed by atoms with Gasteiger partial charge in [0.15, 0.2) is 0 Å². The third kappa shape index (κ3) is 6.77. The Balaban J connectivity index is 2.24. The first-order valence-electron chi connectivity index (χ1n) is 7.14. The predicted molar refractivity (Wildman–Crippen MR) is 80.0 cm³/mol. The second-order valence-electron chi connectivity index (χ2n) is 5.22. The van der Waals surface area contributed by atoms with E-state index in [-0.39, 0.29) is 0 Å². The van der Waals surface area contributed by atoms with Crippen molar-refractivity contribution in [3.8, 4) is 0 Å². The first kappa shape index (κ1) is 15.2. The van der Waals surface area contributed by atoms with E-state index in [0.717, 1.165) is 6.54 Å². The van der Waals surface area contributed by atoms with Crippen LogP contribution in [0.15, 0.2) is 30.3 Å². The zero-order valence-electron chi connectivity index (χ0n) is 12.2. The van der Waals surface area contributed by atoms with Crippen LogP contribution in [0.3, 0.4) is 0 Å². The minimum absolute atomic E-state index is 0.668. The van der Waals surface area contributed by atoms with Gasteiger partial charge in [0.2, 0.25) is 0 Å². The lowest BCUT2D eigenvalue weighted by Crippen LogP contribution is -2.32. The molecule has 2 nitrogen and oxygen atoms in total. The summed E-state index contributed by atoms with van der Waals surface area (Å²) in [6.07, 6.45) is 4.99. The summed E-state index contributed by atoms with van der Waals surface area (Å²) in [6.45, 7) is 4.44. The number of benzene rings is 1. The molecule has 1 N–H and O–H groups in total. The number of aryl methyl sites for hydroxylation is 1. The normalized spacial score (nSPS) is 12.9. The van der Waals surface area contributed by atoms with Crippen molar-refractivity contribution >= 4 is 0 Å². The van der Waals surface area contributed by atoms with E-state index in [9.17, 15) is 0 Å². The fourth-order valence-corrected chi connectivity index (χ4v) is 2.25. The minimum atomic E-state index is 0.668. The highest BCUT2D eigenvalue weighted by atomic mass is 15.1.